The molecule has 0 bridgehead atoms. The first-order valence-electron chi connectivity index (χ1n) is 3.39. The van der Waals surface area contributed by atoms with Crippen molar-refractivity contribution in [3.8, 4) is 0 Å². The number of rotatable bonds is 0. The van der Waals surface area contributed by atoms with Crippen molar-refractivity contribution in [2.24, 2.45) is 5.41 Å². The van der Waals surface area contributed by atoms with Crippen LogP contribution in [-0.4, -0.2) is 23.8 Å². The Morgan fingerprint density at radius 3 is 2.17 bits per heavy atom. The third kappa shape index (κ3) is 1.52. The standard InChI is InChI=1S/C6H9F3N2O/c1-5(2)3-11(6(7,8)9)10-4(5)12/h3H2,1-2H3,(H,10,12). The summed E-state index contributed by atoms with van der Waals surface area (Å²) in [6.07, 6.45) is -4.48. The van der Waals surface area contributed by atoms with E-state index < -0.39 is 17.6 Å². The Morgan fingerprint density at radius 1 is 1.50 bits per heavy atom. The van der Waals surface area contributed by atoms with E-state index in [4.69, 9.17) is 0 Å². The van der Waals surface area contributed by atoms with E-state index in [0.717, 1.165) is 0 Å². The van der Waals surface area contributed by atoms with Crippen molar-refractivity contribution in [2.45, 2.75) is 20.1 Å². The first-order chi connectivity index (χ1) is 5.23. The van der Waals surface area contributed by atoms with Crippen LogP contribution in [0.15, 0.2) is 0 Å². The number of carbonyl (C=O) groups is 1. The Balaban J connectivity index is 2.74. The zero-order valence-corrected chi connectivity index (χ0v) is 6.70. The normalized spacial score (nSPS) is 24.2. The summed E-state index contributed by atoms with van der Waals surface area (Å²) in [5.74, 6) is -0.597. The molecule has 0 aromatic heterocycles. The van der Waals surface area contributed by atoms with Crippen LogP contribution in [0.1, 0.15) is 13.8 Å². The fraction of sp³-hybridized carbons (Fsp3) is 0.833. The van der Waals surface area contributed by atoms with Gasteiger partial charge in [0.15, 0.2) is 0 Å². The highest BCUT2D eigenvalue weighted by molar-refractivity contribution is 5.83. The number of hydrogen-bond donors (Lipinski definition) is 1. The van der Waals surface area contributed by atoms with Crippen molar-refractivity contribution in [1.29, 1.82) is 0 Å². The Hall–Kier alpha value is -0.780. The zero-order chi connectivity index (χ0) is 9.57. The molecule has 1 fully saturated rings. The van der Waals surface area contributed by atoms with Gasteiger partial charge in [-0.05, 0) is 13.8 Å². The van der Waals surface area contributed by atoms with Gasteiger partial charge in [-0.15, -0.1) is 5.01 Å². The van der Waals surface area contributed by atoms with Gasteiger partial charge >= 0.3 is 6.30 Å². The molecule has 3 nitrogen and oxygen atoms in total. The van der Waals surface area contributed by atoms with Crippen molar-refractivity contribution in [2.75, 3.05) is 6.54 Å². The van der Waals surface area contributed by atoms with E-state index >= 15 is 0 Å². The minimum Gasteiger partial charge on any atom is -0.281 e. The van der Waals surface area contributed by atoms with E-state index in [0.29, 0.717) is 0 Å². The van der Waals surface area contributed by atoms with Crippen LogP contribution in [0.25, 0.3) is 0 Å². The second kappa shape index (κ2) is 2.35. The molecular weight excluding hydrogens is 173 g/mol. The van der Waals surface area contributed by atoms with Crippen molar-refractivity contribution in [1.82, 2.24) is 10.4 Å². The maximum atomic E-state index is 12.0. The third-order valence-corrected chi connectivity index (χ3v) is 1.71. The van der Waals surface area contributed by atoms with Gasteiger partial charge in [0.25, 0.3) is 0 Å². The largest absolute Gasteiger partial charge is 0.477 e. The van der Waals surface area contributed by atoms with Gasteiger partial charge < -0.3 is 0 Å². The highest BCUT2D eigenvalue weighted by Crippen LogP contribution is 2.30. The number of hydrogen-bond acceptors (Lipinski definition) is 2. The molecule has 0 saturated carbocycles. The summed E-state index contributed by atoms with van der Waals surface area (Å²) in [7, 11) is 0. The molecule has 1 aliphatic rings. The molecule has 0 spiro atoms. The number of carbonyl (C=O) groups excluding carboxylic acids is 1. The summed E-state index contributed by atoms with van der Waals surface area (Å²) in [4.78, 5) is 10.9. The monoisotopic (exact) mass is 182 g/mol. The summed E-state index contributed by atoms with van der Waals surface area (Å²) in [6.45, 7) is 2.59. The van der Waals surface area contributed by atoms with Crippen molar-refractivity contribution >= 4 is 5.91 Å². The number of halogens is 3. The molecule has 0 atom stereocenters. The predicted octanol–water partition coefficient (Wildman–Crippen LogP) is 0.879. The smallest absolute Gasteiger partial charge is 0.281 e. The van der Waals surface area contributed by atoms with Crippen LogP contribution in [0.3, 0.4) is 0 Å². The Kier molecular flexibility index (Phi) is 1.82. The van der Waals surface area contributed by atoms with Crippen LogP contribution in [0.2, 0.25) is 0 Å². The molecule has 70 valence electrons. The maximum absolute atomic E-state index is 12.0. The fourth-order valence-electron chi connectivity index (χ4n) is 0.934. The molecule has 0 unspecified atom stereocenters. The minimum absolute atomic E-state index is 0.00463. The second-order valence-electron chi connectivity index (χ2n) is 3.38. The molecule has 1 aliphatic heterocycles. The summed E-state index contributed by atoms with van der Waals surface area (Å²) in [5.41, 5.74) is 0.791. The summed E-state index contributed by atoms with van der Waals surface area (Å²) in [6, 6.07) is 0. The van der Waals surface area contributed by atoms with Gasteiger partial charge in [-0.3, -0.25) is 10.2 Å². The van der Waals surface area contributed by atoms with Gasteiger partial charge in [0.2, 0.25) is 5.91 Å². The van der Waals surface area contributed by atoms with E-state index in [-0.39, 0.29) is 11.6 Å². The lowest BCUT2D eigenvalue weighted by Crippen LogP contribution is -2.44. The Labute approximate surface area is 67.5 Å². The van der Waals surface area contributed by atoms with Crippen molar-refractivity contribution in [3.05, 3.63) is 0 Å². The lowest BCUT2D eigenvalue weighted by molar-refractivity contribution is -0.255. The first-order valence-corrected chi connectivity index (χ1v) is 3.39. The fourth-order valence-corrected chi connectivity index (χ4v) is 0.934. The lowest BCUT2D eigenvalue weighted by Gasteiger charge is -2.18. The molecule has 1 heterocycles. The van der Waals surface area contributed by atoms with Gasteiger partial charge in [-0.25, -0.2) is 0 Å². The SMILES string of the molecule is CC1(C)CN(C(F)(F)F)NC1=O. The van der Waals surface area contributed by atoms with E-state index in [9.17, 15) is 18.0 Å². The Morgan fingerprint density at radius 2 is 2.00 bits per heavy atom. The highest BCUT2D eigenvalue weighted by Gasteiger charge is 2.49. The average Bonchev–Trinajstić information content (AvgIpc) is 2.06. The molecule has 1 rings (SSSR count). The molecule has 0 radical (unpaired) electrons. The van der Waals surface area contributed by atoms with Gasteiger partial charge in [-0.2, -0.15) is 13.2 Å². The number of nitrogens with zero attached hydrogens (tertiary/aromatic N) is 1. The molecule has 0 aromatic rings. The van der Waals surface area contributed by atoms with Crippen molar-refractivity contribution < 1.29 is 18.0 Å². The van der Waals surface area contributed by atoms with Crippen molar-refractivity contribution in [3.63, 3.8) is 0 Å². The lowest BCUT2D eigenvalue weighted by atomic mass is 9.94. The predicted molar refractivity (Wildman–Crippen MR) is 34.7 cm³/mol. The van der Waals surface area contributed by atoms with Crippen LogP contribution < -0.4 is 5.43 Å². The minimum atomic E-state index is -4.48. The molecule has 0 aromatic carbocycles. The molecule has 6 heteroatoms. The van der Waals surface area contributed by atoms with E-state index in [1.807, 2.05) is 0 Å². The summed E-state index contributed by atoms with van der Waals surface area (Å²) >= 11 is 0. The summed E-state index contributed by atoms with van der Waals surface area (Å²) < 4.78 is 36.0. The molecule has 1 saturated heterocycles. The number of alkyl halides is 3. The zero-order valence-electron chi connectivity index (χ0n) is 6.70. The van der Waals surface area contributed by atoms with Crippen LogP contribution in [0.5, 0.6) is 0 Å². The topological polar surface area (TPSA) is 32.3 Å². The molecule has 12 heavy (non-hydrogen) atoms. The van der Waals surface area contributed by atoms with Crippen LogP contribution in [0, 0.1) is 5.41 Å². The number of nitrogens with one attached hydrogen (secondary N) is 1. The number of hydrazine groups is 1. The van der Waals surface area contributed by atoms with E-state index in [1.54, 1.807) is 5.43 Å². The van der Waals surface area contributed by atoms with Gasteiger partial charge in [0.1, 0.15) is 0 Å². The molecule has 1 N–H and O–H groups in total. The Bertz CT molecular complexity index is 211. The summed E-state index contributed by atoms with van der Waals surface area (Å²) in [5, 5.41) is -0.00463. The van der Waals surface area contributed by atoms with Crippen LogP contribution in [0.4, 0.5) is 13.2 Å². The third-order valence-electron chi connectivity index (χ3n) is 1.71. The van der Waals surface area contributed by atoms with E-state index in [2.05, 4.69) is 0 Å². The average molecular weight is 182 g/mol. The molecule has 0 aliphatic carbocycles. The molecular formula is C6H9F3N2O. The van der Waals surface area contributed by atoms with Gasteiger partial charge in [0, 0.05) is 6.54 Å². The van der Waals surface area contributed by atoms with Crippen LogP contribution in [-0.2, 0) is 4.79 Å². The number of amides is 1. The maximum Gasteiger partial charge on any atom is 0.477 e. The first kappa shape index (κ1) is 9.31. The molecule has 1 amide bonds. The highest BCUT2D eigenvalue weighted by atomic mass is 19.4. The van der Waals surface area contributed by atoms with Gasteiger partial charge in [0.05, 0.1) is 5.41 Å². The van der Waals surface area contributed by atoms with E-state index in [1.165, 1.54) is 13.8 Å². The quantitative estimate of drug-likeness (QED) is 0.564. The second-order valence-corrected chi connectivity index (χ2v) is 3.38. The van der Waals surface area contributed by atoms with Gasteiger partial charge in [-0.1, -0.05) is 0 Å². The van der Waals surface area contributed by atoms with Crippen LogP contribution >= 0.6 is 0 Å².